The van der Waals surface area contributed by atoms with Gasteiger partial charge in [-0.25, -0.2) is 18.4 Å². The number of hydrogen-bond donors (Lipinski definition) is 1. The van der Waals surface area contributed by atoms with Gasteiger partial charge in [0.2, 0.25) is 5.91 Å². The molecule has 1 atom stereocenters. The molecule has 1 unspecified atom stereocenters. The predicted molar refractivity (Wildman–Crippen MR) is 102 cm³/mol. The molecular formula is C17H26N4O3S2. The van der Waals surface area contributed by atoms with Crippen molar-refractivity contribution in [2.45, 2.75) is 54.6 Å². The fourth-order valence-electron chi connectivity index (χ4n) is 3.57. The molecule has 0 aromatic carbocycles. The van der Waals surface area contributed by atoms with E-state index in [2.05, 4.69) is 15.3 Å². The predicted octanol–water partition coefficient (Wildman–Crippen LogP) is 1.11. The van der Waals surface area contributed by atoms with Crippen molar-refractivity contribution in [3.8, 4) is 0 Å². The van der Waals surface area contributed by atoms with E-state index in [-0.39, 0.29) is 36.0 Å². The van der Waals surface area contributed by atoms with Gasteiger partial charge in [-0.3, -0.25) is 9.69 Å². The lowest BCUT2D eigenvalue weighted by Crippen LogP contribution is -2.45. The van der Waals surface area contributed by atoms with Crippen LogP contribution in [-0.2, 0) is 14.6 Å². The lowest BCUT2D eigenvalue weighted by Gasteiger charge is -2.29. The summed E-state index contributed by atoms with van der Waals surface area (Å²) in [6, 6.07) is 1.98. The van der Waals surface area contributed by atoms with Crippen LogP contribution in [-0.4, -0.2) is 71.6 Å². The van der Waals surface area contributed by atoms with E-state index < -0.39 is 9.84 Å². The number of rotatable bonds is 6. The van der Waals surface area contributed by atoms with Gasteiger partial charge in [-0.15, -0.1) is 0 Å². The first-order chi connectivity index (χ1) is 12.4. The SMILES string of the molecule is CN(CC(=O)NC1CCC(Sc2ncccn2)CC1)C1CCS(=O)(=O)C1. The van der Waals surface area contributed by atoms with Crippen LogP contribution in [0.4, 0.5) is 0 Å². The summed E-state index contributed by atoms with van der Waals surface area (Å²) >= 11 is 1.71. The quantitative estimate of drug-likeness (QED) is 0.718. The molecule has 1 aromatic rings. The minimum absolute atomic E-state index is 0.0145. The fourth-order valence-corrected chi connectivity index (χ4v) is 6.43. The van der Waals surface area contributed by atoms with Crippen molar-refractivity contribution in [3.05, 3.63) is 18.5 Å². The van der Waals surface area contributed by atoms with Crippen molar-refractivity contribution in [1.82, 2.24) is 20.2 Å². The number of sulfone groups is 1. The summed E-state index contributed by atoms with van der Waals surface area (Å²) < 4.78 is 23.1. The Hall–Kier alpha value is -1.19. The van der Waals surface area contributed by atoms with Gasteiger partial charge >= 0.3 is 0 Å². The van der Waals surface area contributed by atoms with E-state index >= 15 is 0 Å². The Morgan fingerprint density at radius 3 is 2.54 bits per heavy atom. The zero-order valence-electron chi connectivity index (χ0n) is 15.0. The van der Waals surface area contributed by atoms with Crippen LogP contribution in [0.5, 0.6) is 0 Å². The Labute approximate surface area is 159 Å². The zero-order chi connectivity index (χ0) is 18.6. The molecule has 9 heteroatoms. The van der Waals surface area contributed by atoms with Crippen molar-refractivity contribution < 1.29 is 13.2 Å². The second-order valence-corrected chi connectivity index (χ2v) is 10.7. The van der Waals surface area contributed by atoms with Gasteiger partial charge in [0.25, 0.3) is 0 Å². The van der Waals surface area contributed by atoms with Crippen molar-refractivity contribution in [3.63, 3.8) is 0 Å². The monoisotopic (exact) mass is 398 g/mol. The van der Waals surface area contributed by atoms with Gasteiger partial charge in [-0.1, -0.05) is 11.8 Å². The number of thioether (sulfide) groups is 1. The molecule has 26 heavy (non-hydrogen) atoms. The summed E-state index contributed by atoms with van der Waals surface area (Å²) in [5.74, 6) is 0.385. The molecule has 0 radical (unpaired) electrons. The van der Waals surface area contributed by atoms with E-state index in [1.165, 1.54) is 0 Å². The van der Waals surface area contributed by atoms with Crippen LogP contribution < -0.4 is 5.32 Å². The van der Waals surface area contributed by atoms with Gasteiger partial charge in [0, 0.05) is 29.7 Å². The summed E-state index contributed by atoms with van der Waals surface area (Å²) in [6.45, 7) is 0.257. The number of carbonyl (C=O) groups is 1. The Balaban J connectivity index is 1.38. The lowest BCUT2D eigenvalue weighted by atomic mass is 9.95. The molecule has 144 valence electrons. The van der Waals surface area contributed by atoms with Crippen molar-refractivity contribution in [2.24, 2.45) is 0 Å². The zero-order valence-corrected chi connectivity index (χ0v) is 16.6. The standard InChI is InChI=1S/C17H26N4O3S2/c1-21(14-7-10-26(23,24)12-14)11-16(22)20-13-3-5-15(6-4-13)25-17-18-8-2-9-19-17/h2,8-9,13-15H,3-7,10-12H2,1H3,(H,20,22). The number of aromatic nitrogens is 2. The normalized spacial score (nSPS) is 28.2. The van der Waals surface area contributed by atoms with Gasteiger partial charge in [0.1, 0.15) is 0 Å². The maximum Gasteiger partial charge on any atom is 0.234 e. The first-order valence-corrected chi connectivity index (χ1v) is 11.7. The summed E-state index contributed by atoms with van der Waals surface area (Å²) in [5, 5.41) is 4.42. The molecule has 3 rings (SSSR count). The highest BCUT2D eigenvalue weighted by atomic mass is 32.2. The van der Waals surface area contributed by atoms with Gasteiger partial charge in [0.05, 0.1) is 18.1 Å². The Morgan fingerprint density at radius 1 is 1.23 bits per heavy atom. The first kappa shape index (κ1) is 19.6. The third-order valence-electron chi connectivity index (χ3n) is 5.08. The summed E-state index contributed by atoms with van der Waals surface area (Å²) in [7, 11) is -1.09. The Morgan fingerprint density at radius 2 is 1.92 bits per heavy atom. The van der Waals surface area contributed by atoms with E-state index in [0.29, 0.717) is 11.7 Å². The van der Waals surface area contributed by atoms with Gasteiger partial charge in [-0.05, 0) is 45.2 Å². The molecular weight excluding hydrogens is 372 g/mol. The molecule has 1 saturated carbocycles. The number of carbonyl (C=O) groups excluding carboxylic acids is 1. The van der Waals surface area contributed by atoms with E-state index in [9.17, 15) is 13.2 Å². The number of likely N-dealkylation sites (N-methyl/N-ethyl adjacent to an activating group) is 1. The van der Waals surface area contributed by atoms with Crippen molar-refractivity contribution >= 4 is 27.5 Å². The average Bonchev–Trinajstić information content (AvgIpc) is 2.98. The molecule has 0 bridgehead atoms. The van der Waals surface area contributed by atoms with Crippen LogP contribution in [0.1, 0.15) is 32.1 Å². The van der Waals surface area contributed by atoms with E-state index in [0.717, 1.165) is 30.8 Å². The smallest absolute Gasteiger partial charge is 0.234 e. The number of hydrogen-bond acceptors (Lipinski definition) is 7. The van der Waals surface area contributed by atoms with Crippen LogP contribution in [0, 0.1) is 0 Å². The molecule has 1 saturated heterocycles. The van der Waals surface area contributed by atoms with Crippen LogP contribution in [0.3, 0.4) is 0 Å². The summed E-state index contributed by atoms with van der Waals surface area (Å²) in [6.07, 6.45) is 8.11. The molecule has 1 N–H and O–H groups in total. The van der Waals surface area contributed by atoms with Crippen LogP contribution in [0.25, 0.3) is 0 Å². The van der Waals surface area contributed by atoms with Crippen LogP contribution >= 0.6 is 11.8 Å². The van der Waals surface area contributed by atoms with E-state index in [4.69, 9.17) is 0 Å². The van der Waals surface area contributed by atoms with Crippen LogP contribution in [0.2, 0.25) is 0 Å². The van der Waals surface area contributed by atoms with Gasteiger partial charge in [-0.2, -0.15) is 0 Å². The molecule has 2 aliphatic rings. The Bertz CT molecular complexity index is 706. The second-order valence-electron chi connectivity index (χ2n) is 7.16. The topological polar surface area (TPSA) is 92.3 Å². The largest absolute Gasteiger partial charge is 0.352 e. The minimum Gasteiger partial charge on any atom is -0.352 e. The van der Waals surface area contributed by atoms with E-state index in [1.807, 2.05) is 18.0 Å². The highest BCUT2D eigenvalue weighted by molar-refractivity contribution is 7.99. The minimum atomic E-state index is -2.92. The first-order valence-electron chi connectivity index (χ1n) is 9.05. The molecule has 1 aliphatic carbocycles. The van der Waals surface area contributed by atoms with Gasteiger partial charge in [0.15, 0.2) is 15.0 Å². The summed E-state index contributed by atoms with van der Waals surface area (Å²) in [5.41, 5.74) is 0. The second kappa shape index (κ2) is 8.67. The molecule has 7 nitrogen and oxygen atoms in total. The third-order valence-corrected chi connectivity index (χ3v) is 8.05. The number of amides is 1. The van der Waals surface area contributed by atoms with Gasteiger partial charge < -0.3 is 5.32 Å². The Kier molecular flexibility index (Phi) is 6.52. The average molecular weight is 399 g/mol. The maximum absolute atomic E-state index is 12.3. The lowest BCUT2D eigenvalue weighted by molar-refractivity contribution is -0.123. The van der Waals surface area contributed by atoms with E-state index in [1.54, 1.807) is 24.2 Å². The highest BCUT2D eigenvalue weighted by Crippen LogP contribution is 2.31. The number of nitrogens with zero attached hydrogens (tertiary/aromatic N) is 3. The maximum atomic E-state index is 12.3. The molecule has 2 heterocycles. The molecule has 1 amide bonds. The van der Waals surface area contributed by atoms with Crippen LogP contribution in [0.15, 0.2) is 23.6 Å². The van der Waals surface area contributed by atoms with Crippen molar-refractivity contribution in [2.75, 3.05) is 25.1 Å². The fraction of sp³-hybridized carbons (Fsp3) is 0.706. The van der Waals surface area contributed by atoms with Crippen molar-refractivity contribution in [1.29, 1.82) is 0 Å². The summed E-state index contributed by atoms with van der Waals surface area (Å²) in [4.78, 5) is 22.7. The third kappa shape index (κ3) is 5.65. The number of nitrogens with one attached hydrogen (secondary N) is 1. The molecule has 0 spiro atoms. The molecule has 1 aromatic heterocycles. The molecule has 1 aliphatic heterocycles. The molecule has 2 fully saturated rings. The highest BCUT2D eigenvalue weighted by Gasteiger charge is 2.31.